The maximum absolute atomic E-state index is 10.8. The number of amides is 2. The third-order valence-corrected chi connectivity index (χ3v) is 1.98. The van der Waals surface area contributed by atoms with Crippen molar-refractivity contribution in [2.24, 2.45) is 5.73 Å². The fraction of sp³-hybridized carbons (Fsp3) is 0.111. The van der Waals surface area contributed by atoms with Crippen LogP contribution in [0.15, 0.2) is 18.2 Å². The topological polar surface area (TPSA) is 81.4 Å². The van der Waals surface area contributed by atoms with E-state index in [2.05, 4.69) is 10.1 Å². The fourth-order valence-corrected chi connectivity index (χ4v) is 1.24. The molecule has 2 amide bonds. The van der Waals surface area contributed by atoms with Crippen molar-refractivity contribution in [3.05, 3.63) is 28.8 Å². The first-order valence-electron chi connectivity index (χ1n) is 3.99. The molecule has 0 radical (unpaired) electrons. The molecule has 3 N–H and O–H groups in total. The number of nitrogens with two attached hydrogens (primary N) is 1. The Bertz CT molecular complexity index is 406. The maximum Gasteiger partial charge on any atom is 0.411 e. The Balaban J connectivity index is 2.91. The van der Waals surface area contributed by atoms with Crippen molar-refractivity contribution in [1.29, 1.82) is 0 Å². The lowest BCUT2D eigenvalue weighted by Gasteiger charge is -2.05. The molecular weight excluding hydrogens is 220 g/mol. The number of rotatable bonds is 2. The minimum Gasteiger partial charge on any atom is -0.453 e. The highest BCUT2D eigenvalue weighted by molar-refractivity contribution is 6.34. The van der Waals surface area contributed by atoms with Crippen LogP contribution in [0, 0.1) is 0 Å². The van der Waals surface area contributed by atoms with Crippen LogP contribution in [0.2, 0.25) is 5.02 Å². The average molecular weight is 229 g/mol. The van der Waals surface area contributed by atoms with Gasteiger partial charge < -0.3 is 10.5 Å². The van der Waals surface area contributed by atoms with Crippen molar-refractivity contribution >= 4 is 29.3 Å². The van der Waals surface area contributed by atoms with E-state index in [9.17, 15) is 9.59 Å². The Morgan fingerprint density at radius 2 is 2.13 bits per heavy atom. The van der Waals surface area contributed by atoms with Crippen LogP contribution in [0.4, 0.5) is 10.5 Å². The number of hydrogen-bond acceptors (Lipinski definition) is 3. The van der Waals surface area contributed by atoms with Crippen molar-refractivity contribution < 1.29 is 14.3 Å². The van der Waals surface area contributed by atoms with Crippen LogP contribution in [0.3, 0.4) is 0 Å². The number of primary amides is 1. The van der Waals surface area contributed by atoms with Crippen LogP contribution in [-0.2, 0) is 4.74 Å². The van der Waals surface area contributed by atoms with Gasteiger partial charge in [0.25, 0.3) is 0 Å². The lowest BCUT2D eigenvalue weighted by Crippen LogP contribution is -2.13. The van der Waals surface area contributed by atoms with Gasteiger partial charge in [-0.1, -0.05) is 11.6 Å². The third-order valence-electron chi connectivity index (χ3n) is 1.67. The summed E-state index contributed by atoms with van der Waals surface area (Å²) in [6, 6.07) is 4.34. The van der Waals surface area contributed by atoms with E-state index in [0.29, 0.717) is 5.69 Å². The molecule has 0 aliphatic carbocycles. The summed E-state index contributed by atoms with van der Waals surface area (Å²) in [6.07, 6.45) is -0.613. The number of methoxy groups -OCH3 is 1. The maximum atomic E-state index is 10.8. The molecule has 1 aromatic carbocycles. The van der Waals surface area contributed by atoms with Crippen LogP contribution in [-0.4, -0.2) is 19.1 Å². The monoisotopic (exact) mass is 228 g/mol. The first kappa shape index (κ1) is 11.3. The predicted octanol–water partition coefficient (Wildman–Crippen LogP) is 1.62. The molecule has 0 saturated carbocycles. The molecule has 0 aliphatic rings. The molecule has 0 bridgehead atoms. The van der Waals surface area contributed by atoms with Gasteiger partial charge in [-0.05, 0) is 18.2 Å². The molecule has 0 atom stereocenters. The first-order valence-corrected chi connectivity index (χ1v) is 4.36. The number of anilines is 1. The van der Waals surface area contributed by atoms with E-state index in [1.165, 1.54) is 25.3 Å². The molecule has 0 heterocycles. The molecule has 0 aliphatic heterocycles. The van der Waals surface area contributed by atoms with E-state index < -0.39 is 12.0 Å². The summed E-state index contributed by atoms with van der Waals surface area (Å²) < 4.78 is 4.39. The molecule has 0 spiro atoms. The Labute approximate surface area is 91.2 Å². The Morgan fingerprint density at radius 3 is 2.60 bits per heavy atom. The Hall–Kier alpha value is -1.75. The van der Waals surface area contributed by atoms with Crippen LogP contribution in [0.25, 0.3) is 0 Å². The van der Waals surface area contributed by atoms with Gasteiger partial charge in [0, 0.05) is 5.69 Å². The second-order valence-corrected chi connectivity index (χ2v) is 3.08. The molecule has 0 fully saturated rings. The van der Waals surface area contributed by atoms with Crippen molar-refractivity contribution in [3.63, 3.8) is 0 Å². The minimum absolute atomic E-state index is 0.177. The highest BCUT2D eigenvalue weighted by Crippen LogP contribution is 2.20. The molecule has 6 heteroatoms. The molecule has 0 unspecified atom stereocenters. The van der Waals surface area contributed by atoms with E-state index in [-0.39, 0.29) is 10.6 Å². The third kappa shape index (κ3) is 2.85. The highest BCUT2D eigenvalue weighted by atomic mass is 35.5. The number of ether oxygens (including phenoxy) is 1. The van der Waals surface area contributed by atoms with Crippen molar-refractivity contribution in [3.8, 4) is 0 Å². The van der Waals surface area contributed by atoms with Crippen molar-refractivity contribution in [2.75, 3.05) is 12.4 Å². The molecule has 0 saturated heterocycles. The molecule has 1 rings (SSSR count). The van der Waals surface area contributed by atoms with E-state index >= 15 is 0 Å². The molecule has 1 aromatic rings. The summed E-state index contributed by atoms with van der Waals surface area (Å²) in [5.41, 5.74) is 5.69. The number of carbonyl (C=O) groups excluding carboxylic acids is 2. The summed E-state index contributed by atoms with van der Waals surface area (Å²) in [7, 11) is 1.24. The summed E-state index contributed by atoms with van der Waals surface area (Å²) in [5.74, 6) is -0.621. The molecule has 0 aromatic heterocycles. The van der Waals surface area contributed by atoms with Crippen LogP contribution in [0.5, 0.6) is 0 Å². The van der Waals surface area contributed by atoms with Gasteiger partial charge in [0.15, 0.2) is 0 Å². The van der Waals surface area contributed by atoms with Gasteiger partial charge in [0.2, 0.25) is 5.91 Å². The van der Waals surface area contributed by atoms with Gasteiger partial charge in [-0.25, -0.2) is 4.79 Å². The summed E-state index contributed by atoms with van der Waals surface area (Å²) >= 11 is 5.76. The van der Waals surface area contributed by atoms with Crippen LogP contribution >= 0.6 is 11.6 Å². The Morgan fingerprint density at radius 1 is 1.47 bits per heavy atom. The van der Waals surface area contributed by atoms with E-state index in [0.717, 1.165) is 0 Å². The first-order chi connectivity index (χ1) is 7.04. The van der Waals surface area contributed by atoms with Gasteiger partial charge >= 0.3 is 6.09 Å². The van der Waals surface area contributed by atoms with Crippen LogP contribution in [0.1, 0.15) is 10.4 Å². The molecule has 5 nitrogen and oxygen atoms in total. The number of nitrogens with one attached hydrogen (secondary N) is 1. The van der Waals surface area contributed by atoms with E-state index in [1.54, 1.807) is 0 Å². The number of halogens is 1. The van der Waals surface area contributed by atoms with E-state index in [4.69, 9.17) is 17.3 Å². The number of carbonyl (C=O) groups is 2. The van der Waals surface area contributed by atoms with E-state index in [1.807, 2.05) is 0 Å². The molecular formula is C9H9ClN2O3. The van der Waals surface area contributed by atoms with Crippen molar-refractivity contribution in [2.45, 2.75) is 0 Å². The zero-order valence-electron chi connectivity index (χ0n) is 7.91. The minimum atomic E-state index is -0.621. The summed E-state index contributed by atoms with van der Waals surface area (Å²) in [5, 5.41) is 2.58. The Kier molecular flexibility index (Phi) is 3.51. The predicted molar refractivity (Wildman–Crippen MR) is 56.0 cm³/mol. The second-order valence-electron chi connectivity index (χ2n) is 2.68. The lowest BCUT2D eigenvalue weighted by atomic mass is 10.2. The van der Waals surface area contributed by atoms with Crippen molar-refractivity contribution in [1.82, 2.24) is 0 Å². The smallest absolute Gasteiger partial charge is 0.411 e. The average Bonchev–Trinajstić information content (AvgIpc) is 2.17. The lowest BCUT2D eigenvalue weighted by molar-refractivity contribution is 0.100. The summed E-state index contributed by atoms with van der Waals surface area (Å²) in [4.78, 5) is 21.7. The number of hydrogen-bond donors (Lipinski definition) is 2. The fourth-order valence-electron chi connectivity index (χ4n) is 0.962. The van der Waals surface area contributed by atoms with Gasteiger partial charge in [-0.2, -0.15) is 0 Å². The van der Waals surface area contributed by atoms with Gasteiger partial charge in [0.1, 0.15) is 0 Å². The highest BCUT2D eigenvalue weighted by Gasteiger charge is 2.08. The largest absolute Gasteiger partial charge is 0.453 e. The summed E-state index contributed by atoms with van der Waals surface area (Å²) in [6.45, 7) is 0. The molecule has 80 valence electrons. The molecule has 15 heavy (non-hydrogen) atoms. The SMILES string of the molecule is COC(=O)Nc1ccc(C(N)=O)c(Cl)c1. The zero-order valence-corrected chi connectivity index (χ0v) is 8.67. The normalized spacial score (nSPS) is 9.47. The van der Waals surface area contributed by atoms with Gasteiger partial charge in [0.05, 0.1) is 17.7 Å². The van der Waals surface area contributed by atoms with Gasteiger partial charge in [-0.3, -0.25) is 10.1 Å². The zero-order chi connectivity index (χ0) is 11.4. The van der Waals surface area contributed by atoms with Gasteiger partial charge in [-0.15, -0.1) is 0 Å². The second kappa shape index (κ2) is 4.65. The number of benzene rings is 1. The van der Waals surface area contributed by atoms with Crippen LogP contribution < -0.4 is 11.1 Å². The quantitative estimate of drug-likeness (QED) is 0.807. The standard InChI is InChI=1S/C9H9ClN2O3/c1-15-9(14)12-5-2-3-6(8(11)13)7(10)4-5/h2-4H,1H3,(H2,11,13)(H,12,14).